The Morgan fingerprint density at radius 2 is 1.14 bits per heavy atom. The highest BCUT2D eigenvalue weighted by Gasteiger charge is 2.33. The van der Waals surface area contributed by atoms with E-state index in [2.05, 4.69) is 9.47 Å². The lowest BCUT2D eigenvalue weighted by molar-refractivity contribution is -0.276. The summed E-state index contributed by atoms with van der Waals surface area (Å²) in [6.07, 6.45) is -9.47. The quantitative estimate of drug-likeness (QED) is 0.223. The molecule has 0 aromatic heterocycles. The van der Waals surface area contributed by atoms with E-state index in [1.54, 1.807) is 36.4 Å². The Morgan fingerprint density at radius 1 is 0.595 bits per heavy atom. The largest absolute Gasteiger partial charge is 0.573 e. The van der Waals surface area contributed by atoms with Crippen LogP contribution in [0.1, 0.15) is 0 Å². The first-order chi connectivity index (χ1) is 17.5. The van der Waals surface area contributed by atoms with Crippen molar-refractivity contribution in [3.05, 3.63) is 109 Å². The molecular formula is C26H18F6O3S2. The van der Waals surface area contributed by atoms with Crippen LogP contribution in [0.4, 0.5) is 26.3 Å². The van der Waals surface area contributed by atoms with Crippen molar-refractivity contribution in [3.63, 3.8) is 0 Å². The summed E-state index contributed by atoms with van der Waals surface area (Å²) in [6.45, 7) is 0. The van der Waals surface area contributed by atoms with E-state index in [4.69, 9.17) is 0 Å². The standard InChI is InChI=1S/C13H9F3O2S.C13H9F3OS/c14-13(15,16)18-11-8-4-5-9-12(11)19(17)10-6-2-1-3-7-10;14-13(15,16)17-10-5-4-8-12(9-10)18-11-6-2-1-3-7-11/h1-9H;1-9H. The lowest BCUT2D eigenvalue weighted by Crippen LogP contribution is -2.18. The first-order valence-electron chi connectivity index (χ1n) is 10.4. The maximum atomic E-state index is 12.3. The van der Waals surface area contributed by atoms with Gasteiger partial charge >= 0.3 is 12.7 Å². The lowest BCUT2D eigenvalue weighted by atomic mass is 10.3. The number of hydrogen-bond donors (Lipinski definition) is 0. The first-order valence-corrected chi connectivity index (χ1v) is 12.4. The van der Waals surface area contributed by atoms with Gasteiger partial charge in [0.25, 0.3) is 0 Å². The molecule has 4 rings (SSSR count). The van der Waals surface area contributed by atoms with Gasteiger partial charge in [0.2, 0.25) is 0 Å². The summed E-state index contributed by atoms with van der Waals surface area (Å²) in [5.74, 6) is -0.652. The molecule has 0 bridgehead atoms. The predicted molar refractivity (Wildman–Crippen MR) is 128 cm³/mol. The summed E-state index contributed by atoms with van der Waals surface area (Å²) in [4.78, 5) is 2.07. The van der Waals surface area contributed by atoms with E-state index >= 15 is 0 Å². The van der Waals surface area contributed by atoms with Gasteiger partial charge in [0.05, 0.1) is 15.7 Å². The molecule has 4 aromatic rings. The van der Waals surface area contributed by atoms with Crippen LogP contribution >= 0.6 is 11.8 Å². The minimum atomic E-state index is -4.81. The van der Waals surface area contributed by atoms with Gasteiger partial charge < -0.3 is 9.47 Å². The molecule has 0 N–H and O–H groups in total. The average Bonchev–Trinajstić information content (AvgIpc) is 2.84. The van der Waals surface area contributed by atoms with Crippen molar-refractivity contribution in [3.8, 4) is 11.5 Å². The van der Waals surface area contributed by atoms with Crippen molar-refractivity contribution in [2.75, 3.05) is 0 Å². The normalized spacial score (nSPS) is 12.2. The van der Waals surface area contributed by atoms with Crippen molar-refractivity contribution >= 4 is 22.6 Å². The molecule has 0 spiro atoms. The van der Waals surface area contributed by atoms with E-state index in [9.17, 15) is 30.6 Å². The fraction of sp³-hybridized carbons (Fsp3) is 0.0769. The number of alkyl halides is 6. The zero-order valence-corrected chi connectivity index (χ0v) is 20.3. The van der Waals surface area contributed by atoms with Gasteiger partial charge in [-0.25, -0.2) is 4.21 Å². The smallest absolute Gasteiger partial charge is 0.406 e. The summed E-state index contributed by atoms with van der Waals surface area (Å²) in [7, 11) is -1.72. The van der Waals surface area contributed by atoms with Crippen LogP contribution in [0.25, 0.3) is 0 Å². The van der Waals surface area contributed by atoms with Crippen LogP contribution in [-0.4, -0.2) is 16.9 Å². The molecule has 0 heterocycles. The highest BCUT2D eigenvalue weighted by Crippen LogP contribution is 2.32. The SMILES string of the molecule is FC(F)(F)Oc1cccc(Sc2ccccc2)c1.O=S(c1ccccc1)c1ccccc1OC(F)(F)F. The van der Waals surface area contributed by atoms with Gasteiger partial charge in [0.1, 0.15) is 11.5 Å². The Labute approximate surface area is 215 Å². The Kier molecular flexibility index (Phi) is 9.65. The number of hydrogen-bond acceptors (Lipinski definition) is 4. The molecule has 3 nitrogen and oxygen atoms in total. The van der Waals surface area contributed by atoms with Gasteiger partial charge in [0, 0.05) is 14.7 Å². The van der Waals surface area contributed by atoms with Crippen molar-refractivity contribution in [2.45, 2.75) is 32.3 Å². The van der Waals surface area contributed by atoms with E-state index in [-0.39, 0.29) is 10.6 Å². The number of halogens is 6. The van der Waals surface area contributed by atoms with Gasteiger partial charge in [0.15, 0.2) is 0 Å². The van der Waals surface area contributed by atoms with Crippen LogP contribution in [0, 0.1) is 0 Å². The number of para-hydroxylation sites is 1. The maximum absolute atomic E-state index is 12.3. The van der Waals surface area contributed by atoms with Gasteiger partial charge in [-0.15, -0.1) is 26.3 Å². The third-order valence-corrected chi connectivity index (χ3v) is 6.68. The molecule has 37 heavy (non-hydrogen) atoms. The van der Waals surface area contributed by atoms with Crippen LogP contribution in [0.5, 0.6) is 11.5 Å². The molecule has 194 valence electrons. The van der Waals surface area contributed by atoms with Gasteiger partial charge in [-0.2, -0.15) is 0 Å². The Morgan fingerprint density at radius 3 is 1.76 bits per heavy atom. The molecule has 11 heteroatoms. The molecule has 1 atom stereocenters. The molecule has 0 saturated heterocycles. The van der Waals surface area contributed by atoms with Gasteiger partial charge in [-0.05, 0) is 54.6 Å². The lowest BCUT2D eigenvalue weighted by Gasteiger charge is -2.12. The number of ether oxygens (including phenoxy) is 2. The van der Waals surface area contributed by atoms with Crippen LogP contribution in [0.2, 0.25) is 0 Å². The monoisotopic (exact) mass is 556 g/mol. The van der Waals surface area contributed by atoms with Crippen LogP contribution in [0.3, 0.4) is 0 Å². The Hall–Kier alpha value is -3.44. The zero-order chi connectivity index (χ0) is 26.9. The first kappa shape index (κ1) is 28.1. The third-order valence-electron chi connectivity index (χ3n) is 4.25. The summed E-state index contributed by atoms with van der Waals surface area (Å²) in [5.41, 5.74) is 0. The second-order valence-corrected chi connectivity index (χ2v) is 9.61. The predicted octanol–water partition coefficient (Wildman–Crippen LogP) is 8.49. The molecule has 4 aromatic carbocycles. The van der Waals surface area contributed by atoms with E-state index < -0.39 is 29.3 Å². The van der Waals surface area contributed by atoms with Crippen molar-refractivity contribution in [2.24, 2.45) is 0 Å². The molecular weight excluding hydrogens is 538 g/mol. The molecule has 0 aliphatic heterocycles. The van der Waals surface area contributed by atoms with Crippen LogP contribution < -0.4 is 9.47 Å². The average molecular weight is 557 g/mol. The number of benzene rings is 4. The Balaban J connectivity index is 0.000000206. The third kappa shape index (κ3) is 9.85. The van der Waals surface area contributed by atoms with Crippen LogP contribution in [0.15, 0.2) is 129 Å². The van der Waals surface area contributed by atoms with Crippen molar-refractivity contribution in [1.29, 1.82) is 0 Å². The second kappa shape index (κ2) is 12.7. The van der Waals surface area contributed by atoms with Crippen molar-refractivity contribution in [1.82, 2.24) is 0 Å². The molecule has 0 radical (unpaired) electrons. The van der Waals surface area contributed by atoms with Crippen LogP contribution in [-0.2, 0) is 10.8 Å². The van der Waals surface area contributed by atoms with E-state index in [1.807, 2.05) is 30.3 Å². The van der Waals surface area contributed by atoms with Gasteiger partial charge in [-0.1, -0.05) is 66.4 Å². The molecule has 1 unspecified atom stereocenters. The van der Waals surface area contributed by atoms with Crippen molar-refractivity contribution < 1.29 is 40.0 Å². The highest BCUT2D eigenvalue weighted by atomic mass is 32.2. The highest BCUT2D eigenvalue weighted by molar-refractivity contribution is 7.99. The molecule has 0 aliphatic rings. The summed E-state index contributed by atoms with van der Waals surface area (Å²) < 4.78 is 93.0. The second-order valence-electron chi connectivity index (χ2n) is 7.01. The molecule has 0 aliphatic carbocycles. The summed E-state index contributed by atoms with van der Waals surface area (Å²) >= 11 is 1.38. The minimum absolute atomic E-state index is 0.00831. The van der Waals surface area contributed by atoms with E-state index in [0.717, 1.165) is 11.0 Å². The summed E-state index contributed by atoms with van der Waals surface area (Å²) in [6, 6.07) is 29.0. The number of rotatable bonds is 6. The minimum Gasteiger partial charge on any atom is -0.406 e. The van der Waals surface area contributed by atoms with E-state index in [1.165, 1.54) is 48.2 Å². The fourth-order valence-corrected chi connectivity index (χ4v) is 4.88. The topological polar surface area (TPSA) is 35.5 Å². The molecule has 0 fully saturated rings. The maximum Gasteiger partial charge on any atom is 0.573 e. The molecule has 0 amide bonds. The molecule has 0 saturated carbocycles. The summed E-state index contributed by atoms with van der Waals surface area (Å²) in [5, 5.41) is 0. The van der Waals surface area contributed by atoms with E-state index in [0.29, 0.717) is 9.79 Å². The fourth-order valence-electron chi connectivity index (χ4n) is 2.84. The van der Waals surface area contributed by atoms with Gasteiger partial charge in [-0.3, -0.25) is 0 Å². The Bertz CT molecular complexity index is 1300. The zero-order valence-electron chi connectivity index (χ0n) is 18.7.